The van der Waals surface area contributed by atoms with Gasteiger partial charge in [-0.3, -0.25) is 4.79 Å². The summed E-state index contributed by atoms with van der Waals surface area (Å²) in [6.07, 6.45) is 5.18. The van der Waals surface area contributed by atoms with Crippen LogP contribution in [0, 0.1) is 0 Å². The SMILES string of the molecule is O=C1NCC2(CCC2)c2[nH]c(-c3ccnc(Cl)c3)cc21. The van der Waals surface area contributed by atoms with E-state index in [9.17, 15) is 4.79 Å². The number of pyridine rings is 1. The molecule has 0 radical (unpaired) electrons. The topological polar surface area (TPSA) is 57.8 Å². The Labute approximate surface area is 121 Å². The van der Waals surface area contributed by atoms with Crippen LogP contribution in [0.4, 0.5) is 0 Å². The molecule has 1 fully saturated rings. The number of hydrogen-bond donors (Lipinski definition) is 2. The molecule has 1 spiro atoms. The van der Waals surface area contributed by atoms with Crippen molar-refractivity contribution in [3.63, 3.8) is 0 Å². The van der Waals surface area contributed by atoms with E-state index >= 15 is 0 Å². The molecule has 4 rings (SSSR count). The Bertz CT molecular complexity index is 703. The highest BCUT2D eigenvalue weighted by atomic mass is 35.5. The van der Waals surface area contributed by atoms with Crippen molar-refractivity contribution in [2.24, 2.45) is 0 Å². The molecule has 5 heteroatoms. The normalized spacial score (nSPS) is 19.4. The highest BCUT2D eigenvalue weighted by Gasteiger charge is 2.45. The molecule has 0 bridgehead atoms. The van der Waals surface area contributed by atoms with Crippen molar-refractivity contribution in [2.75, 3.05) is 6.54 Å². The molecule has 102 valence electrons. The Morgan fingerprint density at radius 2 is 2.15 bits per heavy atom. The number of carbonyl (C=O) groups is 1. The van der Waals surface area contributed by atoms with Crippen LogP contribution in [0.2, 0.25) is 5.15 Å². The molecule has 1 aliphatic heterocycles. The summed E-state index contributed by atoms with van der Waals surface area (Å²) in [5.41, 5.74) is 3.89. The first-order chi connectivity index (χ1) is 9.68. The molecule has 3 heterocycles. The van der Waals surface area contributed by atoms with Crippen LogP contribution in [-0.4, -0.2) is 22.4 Å². The molecular formula is C15H14ClN3O. The lowest BCUT2D eigenvalue weighted by molar-refractivity contribution is 0.0893. The summed E-state index contributed by atoms with van der Waals surface area (Å²) in [4.78, 5) is 19.5. The van der Waals surface area contributed by atoms with Crippen LogP contribution < -0.4 is 5.32 Å². The van der Waals surface area contributed by atoms with Gasteiger partial charge in [0.25, 0.3) is 5.91 Å². The van der Waals surface area contributed by atoms with Gasteiger partial charge in [-0.25, -0.2) is 4.98 Å². The summed E-state index contributed by atoms with van der Waals surface area (Å²) in [5, 5.41) is 3.47. The fourth-order valence-corrected chi connectivity index (χ4v) is 3.41. The Morgan fingerprint density at radius 3 is 2.85 bits per heavy atom. The number of nitrogens with zero attached hydrogens (tertiary/aromatic N) is 1. The molecule has 2 aromatic rings. The van der Waals surface area contributed by atoms with Gasteiger partial charge in [-0.1, -0.05) is 18.0 Å². The van der Waals surface area contributed by atoms with Crippen molar-refractivity contribution in [2.45, 2.75) is 24.7 Å². The van der Waals surface area contributed by atoms with Gasteiger partial charge in [-0.15, -0.1) is 0 Å². The Balaban J connectivity index is 1.85. The predicted octanol–water partition coefficient (Wildman–Crippen LogP) is 2.90. The van der Waals surface area contributed by atoms with Crippen LogP contribution >= 0.6 is 11.6 Å². The molecule has 1 amide bonds. The van der Waals surface area contributed by atoms with Crippen LogP contribution in [0.15, 0.2) is 24.4 Å². The third-order valence-electron chi connectivity index (χ3n) is 4.53. The van der Waals surface area contributed by atoms with Gasteiger partial charge in [-0.2, -0.15) is 0 Å². The van der Waals surface area contributed by atoms with Gasteiger partial charge >= 0.3 is 0 Å². The van der Waals surface area contributed by atoms with Crippen molar-refractivity contribution in [3.8, 4) is 11.3 Å². The van der Waals surface area contributed by atoms with E-state index in [1.807, 2.05) is 18.2 Å². The zero-order chi connectivity index (χ0) is 13.7. The van der Waals surface area contributed by atoms with E-state index in [0.29, 0.717) is 5.15 Å². The number of fused-ring (bicyclic) bond motifs is 2. The zero-order valence-electron chi connectivity index (χ0n) is 10.9. The van der Waals surface area contributed by atoms with E-state index < -0.39 is 0 Å². The van der Waals surface area contributed by atoms with Crippen LogP contribution in [0.25, 0.3) is 11.3 Å². The van der Waals surface area contributed by atoms with E-state index in [0.717, 1.165) is 41.9 Å². The lowest BCUT2D eigenvalue weighted by Crippen LogP contribution is -2.50. The maximum Gasteiger partial charge on any atom is 0.253 e. The first-order valence-corrected chi connectivity index (χ1v) is 7.19. The van der Waals surface area contributed by atoms with E-state index in [1.54, 1.807) is 6.20 Å². The number of carbonyl (C=O) groups excluding carboxylic acids is 1. The van der Waals surface area contributed by atoms with E-state index in [2.05, 4.69) is 15.3 Å². The van der Waals surface area contributed by atoms with Gasteiger partial charge < -0.3 is 10.3 Å². The summed E-state index contributed by atoms with van der Waals surface area (Å²) < 4.78 is 0. The third-order valence-corrected chi connectivity index (χ3v) is 4.73. The molecule has 4 nitrogen and oxygen atoms in total. The molecular weight excluding hydrogens is 274 g/mol. The van der Waals surface area contributed by atoms with Gasteiger partial charge in [0.15, 0.2) is 0 Å². The minimum Gasteiger partial charge on any atom is -0.357 e. The Kier molecular flexibility index (Phi) is 2.45. The van der Waals surface area contributed by atoms with Crippen LogP contribution in [0.3, 0.4) is 0 Å². The number of nitrogens with one attached hydrogen (secondary N) is 2. The monoisotopic (exact) mass is 287 g/mol. The molecule has 0 atom stereocenters. The lowest BCUT2D eigenvalue weighted by Gasteiger charge is -2.44. The second-order valence-corrected chi connectivity index (χ2v) is 6.04. The summed E-state index contributed by atoms with van der Waals surface area (Å²) in [6, 6.07) is 5.63. The van der Waals surface area contributed by atoms with Gasteiger partial charge in [-0.05, 0) is 31.0 Å². The first kappa shape index (κ1) is 12.0. The Morgan fingerprint density at radius 1 is 1.30 bits per heavy atom. The number of halogens is 1. The third kappa shape index (κ3) is 1.61. The highest BCUT2D eigenvalue weighted by molar-refractivity contribution is 6.29. The summed E-state index contributed by atoms with van der Waals surface area (Å²) >= 11 is 5.94. The van der Waals surface area contributed by atoms with E-state index in [-0.39, 0.29) is 11.3 Å². The van der Waals surface area contributed by atoms with Crippen molar-refractivity contribution in [3.05, 3.63) is 40.8 Å². The number of aromatic nitrogens is 2. The van der Waals surface area contributed by atoms with Crippen molar-refractivity contribution in [1.29, 1.82) is 0 Å². The molecule has 1 aliphatic carbocycles. The maximum absolute atomic E-state index is 12.1. The van der Waals surface area contributed by atoms with Gasteiger partial charge in [0.2, 0.25) is 0 Å². The van der Waals surface area contributed by atoms with Gasteiger partial charge in [0.1, 0.15) is 5.15 Å². The van der Waals surface area contributed by atoms with E-state index in [1.165, 1.54) is 6.42 Å². The molecule has 20 heavy (non-hydrogen) atoms. The quantitative estimate of drug-likeness (QED) is 0.792. The second-order valence-electron chi connectivity index (χ2n) is 5.66. The zero-order valence-corrected chi connectivity index (χ0v) is 11.6. The van der Waals surface area contributed by atoms with Crippen LogP contribution in [0.5, 0.6) is 0 Å². The largest absolute Gasteiger partial charge is 0.357 e. The molecule has 0 aromatic carbocycles. The minimum atomic E-state index is 0.0141. The number of rotatable bonds is 1. The van der Waals surface area contributed by atoms with Crippen molar-refractivity contribution < 1.29 is 4.79 Å². The van der Waals surface area contributed by atoms with Crippen LogP contribution in [-0.2, 0) is 5.41 Å². The smallest absolute Gasteiger partial charge is 0.253 e. The lowest BCUT2D eigenvalue weighted by atomic mass is 9.64. The van der Waals surface area contributed by atoms with Gasteiger partial charge in [0.05, 0.1) is 5.56 Å². The maximum atomic E-state index is 12.1. The average molecular weight is 288 g/mol. The molecule has 2 aromatic heterocycles. The molecule has 2 aliphatic rings. The minimum absolute atomic E-state index is 0.0141. The number of H-pyrrole nitrogens is 1. The van der Waals surface area contributed by atoms with Gasteiger partial charge in [0, 0.05) is 35.1 Å². The van der Waals surface area contributed by atoms with Crippen molar-refractivity contribution in [1.82, 2.24) is 15.3 Å². The number of amides is 1. The first-order valence-electron chi connectivity index (χ1n) is 6.82. The Hall–Kier alpha value is -1.81. The highest BCUT2D eigenvalue weighted by Crippen LogP contribution is 2.46. The number of aromatic amines is 1. The number of hydrogen-bond acceptors (Lipinski definition) is 2. The molecule has 2 N–H and O–H groups in total. The second kappa shape index (κ2) is 4.09. The van der Waals surface area contributed by atoms with Crippen molar-refractivity contribution >= 4 is 17.5 Å². The van der Waals surface area contributed by atoms with E-state index in [4.69, 9.17) is 11.6 Å². The molecule has 0 saturated heterocycles. The fraction of sp³-hybridized carbons (Fsp3) is 0.333. The summed E-state index contributed by atoms with van der Waals surface area (Å²) in [6.45, 7) is 0.746. The summed E-state index contributed by atoms with van der Waals surface area (Å²) in [5.74, 6) is 0.0141. The molecule has 0 unspecified atom stereocenters. The summed E-state index contributed by atoms with van der Waals surface area (Å²) in [7, 11) is 0. The predicted molar refractivity (Wildman–Crippen MR) is 76.9 cm³/mol. The fourth-order valence-electron chi connectivity index (χ4n) is 3.24. The standard InChI is InChI=1S/C15H14ClN3O/c16-12-6-9(2-5-17-12)11-7-10-13(19-11)15(3-1-4-15)8-18-14(10)20/h2,5-7,19H,1,3-4,8H2,(H,18,20). The van der Waals surface area contributed by atoms with Crippen LogP contribution in [0.1, 0.15) is 35.3 Å². The average Bonchev–Trinajstić information content (AvgIpc) is 2.83. The molecule has 1 saturated carbocycles.